The number of carbonyl (C=O) groups is 1. The molecule has 0 atom stereocenters. The Labute approximate surface area is 67.5 Å². The van der Waals surface area contributed by atoms with Crippen LogP contribution in [-0.4, -0.2) is 11.3 Å². The van der Waals surface area contributed by atoms with Crippen LogP contribution in [0, 0.1) is 0 Å². The molecule has 0 radical (unpaired) electrons. The highest BCUT2D eigenvalue weighted by molar-refractivity contribution is 7.17. The highest BCUT2D eigenvalue weighted by Crippen LogP contribution is 2.19. The van der Waals surface area contributed by atoms with E-state index < -0.39 is 0 Å². The molecule has 2 rings (SSSR count). The molecule has 0 aliphatic heterocycles. The molecule has 54 valence electrons. The van der Waals surface area contributed by atoms with Gasteiger partial charge in [0.2, 0.25) is 0 Å². The van der Waals surface area contributed by atoms with Gasteiger partial charge in [-0.3, -0.25) is 9.78 Å². The number of thiophene rings is 1. The predicted octanol–water partition coefficient (Wildman–Crippen LogP) is 2.11. The van der Waals surface area contributed by atoms with E-state index in [2.05, 4.69) is 4.98 Å². The topological polar surface area (TPSA) is 30.0 Å². The first kappa shape index (κ1) is 6.49. The van der Waals surface area contributed by atoms with Crippen LogP contribution in [0.1, 0.15) is 10.5 Å². The highest BCUT2D eigenvalue weighted by Gasteiger charge is 1.96. The standard InChI is InChI=1S/C8H5NOS/c10-5-7-3-8-6(4-9-7)1-2-11-8/h1-5H. The number of carbonyl (C=O) groups excluding carboxylic acids is 1. The maximum absolute atomic E-state index is 10.3. The van der Waals surface area contributed by atoms with Gasteiger partial charge in [0.15, 0.2) is 6.29 Å². The predicted molar refractivity (Wildman–Crippen MR) is 45.0 cm³/mol. The van der Waals surface area contributed by atoms with Gasteiger partial charge in [-0.2, -0.15) is 0 Å². The van der Waals surface area contributed by atoms with E-state index in [9.17, 15) is 4.79 Å². The van der Waals surface area contributed by atoms with Gasteiger partial charge in [-0.05, 0) is 17.5 Å². The first-order valence-corrected chi connectivity index (χ1v) is 4.06. The van der Waals surface area contributed by atoms with E-state index in [4.69, 9.17) is 0 Å². The molecular weight excluding hydrogens is 158 g/mol. The van der Waals surface area contributed by atoms with E-state index in [0.29, 0.717) is 5.69 Å². The van der Waals surface area contributed by atoms with E-state index >= 15 is 0 Å². The van der Waals surface area contributed by atoms with Gasteiger partial charge in [-0.15, -0.1) is 11.3 Å². The molecule has 0 saturated carbocycles. The van der Waals surface area contributed by atoms with E-state index in [1.807, 2.05) is 11.4 Å². The highest BCUT2D eigenvalue weighted by atomic mass is 32.1. The molecule has 2 heterocycles. The summed E-state index contributed by atoms with van der Waals surface area (Å²) in [5.41, 5.74) is 0.500. The molecular formula is C8H5NOS. The third-order valence-corrected chi connectivity index (χ3v) is 2.36. The van der Waals surface area contributed by atoms with Gasteiger partial charge in [-0.25, -0.2) is 0 Å². The number of nitrogens with zero attached hydrogens (tertiary/aromatic N) is 1. The minimum atomic E-state index is 0.500. The fourth-order valence-electron chi connectivity index (χ4n) is 0.935. The summed E-state index contributed by atoms with van der Waals surface area (Å²) >= 11 is 1.62. The van der Waals surface area contributed by atoms with Crippen molar-refractivity contribution in [2.75, 3.05) is 0 Å². The summed E-state index contributed by atoms with van der Waals surface area (Å²) in [5, 5.41) is 3.08. The molecule has 0 saturated heterocycles. The lowest BCUT2D eigenvalue weighted by Gasteiger charge is -1.88. The lowest BCUT2D eigenvalue weighted by atomic mass is 10.3. The summed E-state index contributed by atoms with van der Waals surface area (Å²) in [6, 6.07) is 3.79. The van der Waals surface area contributed by atoms with Gasteiger partial charge in [0.1, 0.15) is 5.69 Å². The number of aldehydes is 1. The molecule has 0 aromatic carbocycles. The van der Waals surface area contributed by atoms with E-state index in [-0.39, 0.29) is 0 Å². The fourth-order valence-corrected chi connectivity index (χ4v) is 1.74. The molecule has 0 aliphatic carbocycles. The van der Waals surface area contributed by atoms with Crippen molar-refractivity contribution in [3.63, 3.8) is 0 Å². The number of rotatable bonds is 1. The molecule has 0 unspecified atom stereocenters. The van der Waals surface area contributed by atoms with Crippen molar-refractivity contribution < 1.29 is 4.79 Å². The third kappa shape index (κ3) is 1.03. The van der Waals surface area contributed by atoms with Crippen LogP contribution in [0.15, 0.2) is 23.7 Å². The van der Waals surface area contributed by atoms with Gasteiger partial charge in [0, 0.05) is 16.3 Å². The second kappa shape index (κ2) is 2.43. The van der Waals surface area contributed by atoms with E-state index in [1.54, 1.807) is 23.6 Å². The van der Waals surface area contributed by atoms with Crippen molar-refractivity contribution in [1.82, 2.24) is 4.98 Å². The second-order valence-corrected chi connectivity index (χ2v) is 3.13. The van der Waals surface area contributed by atoms with Crippen LogP contribution in [0.2, 0.25) is 0 Å². The number of pyridine rings is 1. The Bertz CT molecular complexity index is 394. The molecule has 2 aromatic rings. The molecule has 0 fully saturated rings. The molecule has 0 bridgehead atoms. The van der Waals surface area contributed by atoms with Crippen molar-refractivity contribution in [2.24, 2.45) is 0 Å². The Kier molecular flexibility index (Phi) is 1.43. The number of aromatic nitrogens is 1. The second-order valence-electron chi connectivity index (χ2n) is 2.19. The average molecular weight is 163 g/mol. The van der Waals surface area contributed by atoms with Crippen LogP contribution in [0.5, 0.6) is 0 Å². The molecule has 3 heteroatoms. The fraction of sp³-hybridized carbons (Fsp3) is 0. The summed E-state index contributed by atoms with van der Waals surface area (Å²) < 4.78 is 1.11. The Morgan fingerprint density at radius 2 is 2.45 bits per heavy atom. The first-order chi connectivity index (χ1) is 5.40. The van der Waals surface area contributed by atoms with Gasteiger partial charge in [-0.1, -0.05) is 0 Å². The van der Waals surface area contributed by atoms with Crippen LogP contribution in [0.3, 0.4) is 0 Å². The summed E-state index contributed by atoms with van der Waals surface area (Å²) in [6.07, 6.45) is 2.48. The minimum absolute atomic E-state index is 0.500. The van der Waals surface area contributed by atoms with Crippen molar-refractivity contribution in [3.8, 4) is 0 Å². The number of hydrogen-bond donors (Lipinski definition) is 0. The van der Waals surface area contributed by atoms with E-state index in [0.717, 1.165) is 16.4 Å². The molecule has 11 heavy (non-hydrogen) atoms. The summed E-state index contributed by atoms with van der Waals surface area (Å²) in [4.78, 5) is 14.3. The van der Waals surface area contributed by atoms with Gasteiger partial charge >= 0.3 is 0 Å². The van der Waals surface area contributed by atoms with Crippen LogP contribution in [0.4, 0.5) is 0 Å². The minimum Gasteiger partial charge on any atom is -0.296 e. The monoisotopic (exact) mass is 163 g/mol. The van der Waals surface area contributed by atoms with Crippen LogP contribution < -0.4 is 0 Å². The zero-order valence-corrected chi connectivity index (χ0v) is 6.47. The summed E-state index contributed by atoms with van der Waals surface area (Å²) in [6.45, 7) is 0. The van der Waals surface area contributed by atoms with Crippen LogP contribution in [0.25, 0.3) is 10.1 Å². The Balaban J connectivity index is 2.76. The van der Waals surface area contributed by atoms with Gasteiger partial charge < -0.3 is 0 Å². The smallest absolute Gasteiger partial charge is 0.168 e. The van der Waals surface area contributed by atoms with Crippen molar-refractivity contribution >= 4 is 27.7 Å². The maximum atomic E-state index is 10.3. The normalized spacial score (nSPS) is 10.2. The first-order valence-electron chi connectivity index (χ1n) is 3.18. The SMILES string of the molecule is O=Cc1cc2sccc2cn1. The Hall–Kier alpha value is -1.22. The van der Waals surface area contributed by atoms with Crippen molar-refractivity contribution in [1.29, 1.82) is 0 Å². The number of fused-ring (bicyclic) bond motifs is 1. The zero-order valence-electron chi connectivity index (χ0n) is 5.65. The Morgan fingerprint density at radius 3 is 3.27 bits per heavy atom. The molecule has 2 nitrogen and oxygen atoms in total. The third-order valence-electron chi connectivity index (χ3n) is 1.48. The van der Waals surface area contributed by atoms with Gasteiger partial charge in [0.25, 0.3) is 0 Å². The maximum Gasteiger partial charge on any atom is 0.168 e. The largest absolute Gasteiger partial charge is 0.296 e. The quantitative estimate of drug-likeness (QED) is 0.602. The lowest BCUT2D eigenvalue weighted by molar-refractivity contribution is 0.111. The molecule has 0 amide bonds. The molecule has 2 aromatic heterocycles. The van der Waals surface area contributed by atoms with Crippen molar-refractivity contribution in [3.05, 3.63) is 29.4 Å². The zero-order chi connectivity index (χ0) is 7.68. The molecule has 0 aliphatic rings. The average Bonchev–Trinajstić information content (AvgIpc) is 2.50. The van der Waals surface area contributed by atoms with Gasteiger partial charge in [0.05, 0.1) is 0 Å². The van der Waals surface area contributed by atoms with Crippen LogP contribution in [-0.2, 0) is 0 Å². The Morgan fingerprint density at radius 1 is 1.55 bits per heavy atom. The summed E-state index contributed by atoms with van der Waals surface area (Å²) in [5.74, 6) is 0. The lowest BCUT2D eigenvalue weighted by Crippen LogP contribution is -1.82. The molecule has 0 N–H and O–H groups in total. The van der Waals surface area contributed by atoms with E-state index in [1.165, 1.54) is 0 Å². The van der Waals surface area contributed by atoms with Crippen molar-refractivity contribution in [2.45, 2.75) is 0 Å². The van der Waals surface area contributed by atoms with Crippen LogP contribution >= 0.6 is 11.3 Å². The molecule has 0 spiro atoms. The summed E-state index contributed by atoms with van der Waals surface area (Å²) in [7, 11) is 0. The number of hydrogen-bond acceptors (Lipinski definition) is 3.